The molecular weight excluding hydrogens is 278 g/mol. The number of aliphatic hydroxyl groups is 1. The fourth-order valence-electron chi connectivity index (χ4n) is 1.65. The largest absolute Gasteiger partial charge is 0.469 e. The standard InChI is InChI=1S/C13H15N3O5/c1-13(19,7-9-3-2-5-20-9)8-14-11(17)12(18)15-10-4-6-21-16-10/h2-6,19H,7-8H2,1H3,(H,14,17)(H,15,16,18)/t13-/m0/s1. The summed E-state index contributed by atoms with van der Waals surface area (Å²) < 4.78 is 9.64. The van der Waals surface area contributed by atoms with Crippen LogP contribution in [0, 0.1) is 0 Å². The van der Waals surface area contributed by atoms with Crippen LogP contribution in [0.15, 0.2) is 39.7 Å². The molecule has 0 unspecified atom stereocenters. The maximum Gasteiger partial charge on any atom is 0.314 e. The molecule has 2 aromatic rings. The van der Waals surface area contributed by atoms with E-state index in [1.807, 2.05) is 0 Å². The summed E-state index contributed by atoms with van der Waals surface area (Å²) in [6, 6.07) is 4.82. The third-order valence-electron chi connectivity index (χ3n) is 2.65. The van der Waals surface area contributed by atoms with Gasteiger partial charge in [-0.15, -0.1) is 0 Å². The second kappa shape index (κ2) is 6.23. The van der Waals surface area contributed by atoms with Crippen molar-refractivity contribution in [2.24, 2.45) is 0 Å². The Morgan fingerprint density at radius 1 is 1.33 bits per heavy atom. The molecule has 2 amide bonds. The number of nitrogens with zero attached hydrogens (tertiary/aromatic N) is 1. The van der Waals surface area contributed by atoms with Gasteiger partial charge in [-0.25, -0.2) is 0 Å². The number of carbonyl (C=O) groups excluding carboxylic acids is 2. The average Bonchev–Trinajstić information content (AvgIpc) is 3.09. The van der Waals surface area contributed by atoms with Gasteiger partial charge in [-0.2, -0.15) is 0 Å². The van der Waals surface area contributed by atoms with Crippen molar-refractivity contribution >= 4 is 17.6 Å². The second-order valence-electron chi connectivity index (χ2n) is 4.77. The first-order valence-corrected chi connectivity index (χ1v) is 6.21. The van der Waals surface area contributed by atoms with E-state index < -0.39 is 17.4 Å². The quantitative estimate of drug-likeness (QED) is 0.683. The molecule has 0 aromatic carbocycles. The smallest absolute Gasteiger partial charge is 0.314 e. The van der Waals surface area contributed by atoms with Crippen molar-refractivity contribution in [2.45, 2.75) is 18.9 Å². The SMILES string of the molecule is C[C@@](O)(CNC(=O)C(=O)Nc1ccon1)Cc1ccco1. The van der Waals surface area contributed by atoms with Gasteiger partial charge >= 0.3 is 11.8 Å². The zero-order valence-corrected chi connectivity index (χ0v) is 11.3. The molecule has 0 aliphatic heterocycles. The fourth-order valence-corrected chi connectivity index (χ4v) is 1.65. The summed E-state index contributed by atoms with van der Waals surface area (Å²) >= 11 is 0. The first-order chi connectivity index (χ1) is 9.96. The van der Waals surface area contributed by atoms with Crippen LogP contribution in [0.3, 0.4) is 0 Å². The van der Waals surface area contributed by atoms with Crippen molar-refractivity contribution < 1.29 is 23.6 Å². The van der Waals surface area contributed by atoms with E-state index in [0.29, 0.717) is 5.76 Å². The van der Waals surface area contributed by atoms with Gasteiger partial charge in [0, 0.05) is 19.0 Å². The number of anilines is 1. The van der Waals surface area contributed by atoms with Crippen molar-refractivity contribution in [1.82, 2.24) is 10.5 Å². The summed E-state index contributed by atoms with van der Waals surface area (Å²) in [4.78, 5) is 23.1. The van der Waals surface area contributed by atoms with Crippen LogP contribution in [0.2, 0.25) is 0 Å². The number of amides is 2. The molecule has 112 valence electrons. The van der Waals surface area contributed by atoms with Crippen LogP contribution in [0.25, 0.3) is 0 Å². The van der Waals surface area contributed by atoms with Crippen LogP contribution in [-0.2, 0) is 16.0 Å². The Morgan fingerprint density at radius 2 is 2.14 bits per heavy atom. The highest BCUT2D eigenvalue weighted by molar-refractivity contribution is 6.39. The second-order valence-corrected chi connectivity index (χ2v) is 4.77. The number of rotatable bonds is 5. The van der Waals surface area contributed by atoms with Crippen LogP contribution in [0.1, 0.15) is 12.7 Å². The van der Waals surface area contributed by atoms with E-state index in [9.17, 15) is 14.7 Å². The summed E-state index contributed by atoms with van der Waals surface area (Å²) in [5.41, 5.74) is -1.23. The number of aromatic nitrogens is 1. The third kappa shape index (κ3) is 4.46. The van der Waals surface area contributed by atoms with Gasteiger partial charge in [-0.3, -0.25) is 14.9 Å². The molecule has 0 saturated carbocycles. The van der Waals surface area contributed by atoms with Crippen LogP contribution in [-0.4, -0.2) is 34.2 Å². The van der Waals surface area contributed by atoms with Crippen LogP contribution >= 0.6 is 0 Å². The number of carbonyl (C=O) groups is 2. The minimum absolute atomic E-state index is 0.0984. The number of hydrogen-bond donors (Lipinski definition) is 3. The molecule has 0 spiro atoms. The molecule has 0 bridgehead atoms. The predicted octanol–water partition coefficient (Wildman–Crippen LogP) is 0.316. The van der Waals surface area contributed by atoms with Crippen molar-refractivity contribution in [3.63, 3.8) is 0 Å². The van der Waals surface area contributed by atoms with Crippen LogP contribution < -0.4 is 10.6 Å². The van der Waals surface area contributed by atoms with E-state index in [0.717, 1.165) is 0 Å². The van der Waals surface area contributed by atoms with Gasteiger partial charge in [0.1, 0.15) is 12.0 Å². The first-order valence-electron chi connectivity index (χ1n) is 6.21. The van der Waals surface area contributed by atoms with Crippen LogP contribution in [0.4, 0.5) is 5.82 Å². The van der Waals surface area contributed by atoms with Gasteiger partial charge in [-0.05, 0) is 19.1 Å². The molecule has 0 saturated heterocycles. The van der Waals surface area contributed by atoms with Gasteiger partial charge in [0.25, 0.3) is 0 Å². The van der Waals surface area contributed by atoms with E-state index in [1.54, 1.807) is 12.1 Å². The average molecular weight is 293 g/mol. The van der Waals surface area contributed by atoms with E-state index in [1.165, 1.54) is 25.5 Å². The molecular formula is C13H15N3O5. The highest BCUT2D eigenvalue weighted by Gasteiger charge is 2.25. The van der Waals surface area contributed by atoms with Crippen LogP contribution in [0.5, 0.6) is 0 Å². The Kier molecular flexibility index (Phi) is 4.39. The Bertz CT molecular complexity index is 589. The normalized spacial score (nSPS) is 13.4. The zero-order valence-electron chi connectivity index (χ0n) is 11.3. The molecule has 21 heavy (non-hydrogen) atoms. The van der Waals surface area contributed by atoms with Gasteiger partial charge in [0.05, 0.1) is 11.9 Å². The van der Waals surface area contributed by atoms with Gasteiger partial charge < -0.3 is 19.4 Å². The predicted molar refractivity (Wildman–Crippen MR) is 71.2 cm³/mol. The topological polar surface area (TPSA) is 118 Å². The summed E-state index contributed by atoms with van der Waals surface area (Å²) in [5, 5.41) is 18.2. The summed E-state index contributed by atoms with van der Waals surface area (Å²) in [6.07, 6.45) is 2.97. The van der Waals surface area contributed by atoms with Crippen molar-refractivity contribution in [3.8, 4) is 0 Å². The molecule has 2 rings (SSSR count). The Morgan fingerprint density at radius 3 is 2.76 bits per heavy atom. The van der Waals surface area contributed by atoms with Crippen molar-refractivity contribution in [1.29, 1.82) is 0 Å². The molecule has 8 nitrogen and oxygen atoms in total. The Balaban J connectivity index is 1.81. The number of nitrogens with one attached hydrogen (secondary N) is 2. The van der Waals surface area contributed by atoms with E-state index in [2.05, 4.69) is 20.3 Å². The maximum atomic E-state index is 11.6. The number of hydrogen-bond acceptors (Lipinski definition) is 6. The molecule has 3 N–H and O–H groups in total. The molecule has 0 radical (unpaired) electrons. The molecule has 0 fully saturated rings. The zero-order chi connectivity index (χ0) is 15.3. The molecule has 8 heteroatoms. The lowest BCUT2D eigenvalue weighted by atomic mass is 10.0. The van der Waals surface area contributed by atoms with Gasteiger partial charge in [0.15, 0.2) is 5.82 Å². The lowest BCUT2D eigenvalue weighted by Crippen LogP contribution is -2.45. The Labute approximate surface area is 120 Å². The Hall–Kier alpha value is -2.61. The first kappa shape index (κ1) is 14.8. The minimum atomic E-state index is -1.23. The van der Waals surface area contributed by atoms with Gasteiger partial charge in [-0.1, -0.05) is 5.16 Å². The maximum absolute atomic E-state index is 11.6. The van der Waals surface area contributed by atoms with E-state index in [-0.39, 0.29) is 18.8 Å². The highest BCUT2D eigenvalue weighted by Crippen LogP contribution is 2.12. The monoisotopic (exact) mass is 293 g/mol. The molecule has 0 aliphatic rings. The number of furan rings is 1. The fraction of sp³-hybridized carbons (Fsp3) is 0.308. The molecule has 2 heterocycles. The molecule has 2 aromatic heterocycles. The van der Waals surface area contributed by atoms with Gasteiger partial charge in [0.2, 0.25) is 0 Å². The van der Waals surface area contributed by atoms with E-state index >= 15 is 0 Å². The lowest BCUT2D eigenvalue weighted by Gasteiger charge is -2.22. The summed E-state index contributed by atoms with van der Waals surface area (Å²) in [5.74, 6) is -1.05. The molecule has 0 aliphatic carbocycles. The highest BCUT2D eigenvalue weighted by atomic mass is 16.5. The van der Waals surface area contributed by atoms with E-state index in [4.69, 9.17) is 4.42 Å². The molecule has 1 atom stereocenters. The lowest BCUT2D eigenvalue weighted by molar-refractivity contribution is -0.136. The third-order valence-corrected chi connectivity index (χ3v) is 2.65. The van der Waals surface area contributed by atoms with Crippen molar-refractivity contribution in [3.05, 3.63) is 36.5 Å². The minimum Gasteiger partial charge on any atom is -0.469 e. The summed E-state index contributed by atoms with van der Waals surface area (Å²) in [7, 11) is 0. The van der Waals surface area contributed by atoms with Crippen molar-refractivity contribution in [2.75, 3.05) is 11.9 Å². The summed E-state index contributed by atoms with van der Waals surface area (Å²) in [6.45, 7) is 1.43.